The third-order valence-corrected chi connectivity index (χ3v) is 3.52. The van der Waals surface area contributed by atoms with Crippen LogP contribution in [0.5, 0.6) is 0 Å². The van der Waals surface area contributed by atoms with Crippen LogP contribution in [0.3, 0.4) is 0 Å². The molecule has 25 heavy (non-hydrogen) atoms. The molecule has 3 aromatic rings. The predicted octanol–water partition coefficient (Wildman–Crippen LogP) is 3.55. The molecule has 0 saturated heterocycles. The molecule has 1 N–H and O–H groups in total. The number of anilines is 2. The van der Waals surface area contributed by atoms with Crippen LogP contribution in [0.25, 0.3) is 11.3 Å². The van der Waals surface area contributed by atoms with E-state index in [1.165, 1.54) is 13.3 Å². The summed E-state index contributed by atoms with van der Waals surface area (Å²) in [6.45, 7) is 0. The molecule has 1 aromatic heterocycles. The first-order chi connectivity index (χ1) is 12.2. The van der Waals surface area contributed by atoms with Crippen LogP contribution in [0.15, 0.2) is 60.8 Å². The fourth-order valence-corrected chi connectivity index (χ4v) is 2.28. The molecule has 0 aliphatic heterocycles. The van der Waals surface area contributed by atoms with Crippen molar-refractivity contribution in [1.29, 1.82) is 5.26 Å². The smallest absolute Gasteiger partial charge is 0.337 e. The average Bonchev–Trinajstić information content (AvgIpc) is 2.68. The molecule has 6 nitrogen and oxygen atoms in total. The Morgan fingerprint density at radius 1 is 1.12 bits per heavy atom. The lowest BCUT2D eigenvalue weighted by Crippen LogP contribution is -2.02. The molecule has 1 heterocycles. The van der Waals surface area contributed by atoms with Crippen LogP contribution in [0.4, 0.5) is 11.6 Å². The molecule has 0 amide bonds. The summed E-state index contributed by atoms with van der Waals surface area (Å²) in [7, 11) is 1.34. The molecular formula is C19H14N4O2. The quantitative estimate of drug-likeness (QED) is 0.736. The molecular weight excluding hydrogens is 316 g/mol. The fourth-order valence-electron chi connectivity index (χ4n) is 2.28. The lowest BCUT2D eigenvalue weighted by atomic mass is 10.1. The van der Waals surface area contributed by atoms with Crippen LogP contribution in [0.1, 0.15) is 15.9 Å². The number of benzene rings is 2. The Morgan fingerprint density at radius 3 is 2.48 bits per heavy atom. The highest BCUT2D eigenvalue weighted by Gasteiger charge is 2.10. The molecule has 0 saturated carbocycles. The fraction of sp³-hybridized carbons (Fsp3) is 0.0526. The normalized spacial score (nSPS) is 9.92. The van der Waals surface area contributed by atoms with Gasteiger partial charge in [-0.25, -0.2) is 14.8 Å². The standard InChI is InChI=1S/C19H14N4O2/c1-25-18(24)14-7-9-16(10-8-14)22-19-21-12-15(11-20)17(23-19)13-5-3-2-4-6-13/h2-10,12H,1H3,(H,21,22,23). The number of aromatic nitrogens is 2. The van der Waals surface area contributed by atoms with Gasteiger partial charge >= 0.3 is 5.97 Å². The van der Waals surface area contributed by atoms with Gasteiger partial charge in [0.05, 0.1) is 30.1 Å². The van der Waals surface area contributed by atoms with E-state index in [9.17, 15) is 10.1 Å². The van der Waals surface area contributed by atoms with Crippen molar-refractivity contribution in [1.82, 2.24) is 9.97 Å². The molecule has 0 spiro atoms. The second-order valence-electron chi connectivity index (χ2n) is 5.13. The molecule has 0 unspecified atom stereocenters. The topological polar surface area (TPSA) is 87.9 Å². The maximum absolute atomic E-state index is 11.5. The molecule has 0 atom stereocenters. The monoisotopic (exact) mass is 330 g/mol. The summed E-state index contributed by atoms with van der Waals surface area (Å²) in [5, 5.41) is 12.3. The van der Waals surface area contributed by atoms with E-state index in [4.69, 9.17) is 0 Å². The van der Waals surface area contributed by atoms with Gasteiger partial charge in [-0.05, 0) is 24.3 Å². The predicted molar refractivity (Wildman–Crippen MR) is 93.2 cm³/mol. The molecule has 122 valence electrons. The van der Waals surface area contributed by atoms with Crippen molar-refractivity contribution < 1.29 is 9.53 Å². The minimum atomic E-state index is -0.396. The van der Waals surface area contributed by atoms with Crippen molar-refractivity contribution in [2.75, 3.05) is 12.4 Å². The summed E-state index contributed by atoms with van der Waals surface area (Å²) in [6, 6.07) is 18.3. The number of nitrogens with one attached hydrogen (secondary N) is 1. The molecule has 3 rings (SSSR count). The zero-order chi connectivity index (χ0) is 17.6. The third-order valence-electron chi connectivity index (χ3n) is 3.52. The molecule has 2 aromatic carbocycles. The third kappa shape index (κ3) is 3.62. The van der Waals surface area contributed by atoms with E-state index < -0.39 is 5.97 Å². The van der Waals surface area contributed by atoms with Gasteiger partial charge in [0.1, 0.15) is 6.07 Å². The average molecular weight is 330 g/mol. The largest absolute Gasteiger partial charge is 0.465 e. The number of carbonyl (C=O) groups is 1. The zero-order valence-corrected chi connectivity index (χ0v) is 13.4. The maximum atomic E-state index is 11.5. The van der Waals surface area contributed by atoms with Crippen molar-refractivity contribution in [3.05, 3.63) is 71.9 Å². The van der Waals surface area contributed by atoms with Crippen LogP contribution in [-0.4, -0.2) is 23.0 Å². The second-order valence-corrected chi connectivity index (χ2v) is 5.13. The lowest BCUT2D eigenvalue weighted by molar-refractivity contribution is 0.0601. The number of nitriles is 1. The first kappa shape index (κ1) is 16.1. The van der Waals surface area contributed by atoms with Gasteiger partial charge < -0.3 is 10.1 Å². The van der Waals surface area contributed by atoms with E-state index in [1.54, 1.807) is 24.3 Å². The van der Waals surface area contributed by atoms with E-state index in [0.717, 1.165) is 11.3 Å². The SMILES string of the molecule is COC(=O)c1ccc(Nc2ncc(C#N)c(-c3ccccc3)n2)cc1. The van der Waals surface area contributed by atoms with E-state index in [2.05, 4.69) is 26.1 Å². The van der Waals surface area contributed by atoms with Crippen molar-refractivity contribution in [3.8, 4) is 17.3 Å². The van der Waals surface area contributed by atoms with E-state index >= 15 is 0 Å². The Bertz CT molecular complexity index is 932. The Labute approximate surface area is 144 Å². The molecule has 0 aliphatic rings. The molecule has 0 bridgehead atoms. The number of esters is 1. The number of hydrogen-bond acceptors (Lipinski definition) is 6. The van der Waals surface area contributed by atoms with Crippen LogP contribution in [0, 0.1) is 11.3 Å². The van der Waals surface area contributed by atoms with Gasteiger partial charge in [-0.1, -0.05) is 30.3 Å². The Kier molecular flexibility index (Phi) is 4.67. The summed E-state index contributed by atoms with van der Waals surface area (Å²) in [5.74, 6) is -0.0313. The van der Waals surface area contributed by atoms with Gasteiger partial charge in [0.15, 0.2) is 0 Å². The number of methoxy groups -OCH3 is 1. The summed E-state index contributed by atoms with van der Waals surface area (Å²) >= 11 is 0. The number of carbonyl (C=O) groups excluding carboxylic acids is 1. The van der Waals surface area contributed by atoms with Gasteiger partial charge in [0.25, 0.3) is 0 Å². The summed E-state index contributed by atoms with van der Waals surface area (Å²) in [5.41, 5.74) is 2.98. The van der Waals surface area contributed by atoms with Crippen molar-refractivity contribution in [2.45, 2.75) is 0 Å². The summed E-state index contributed by atoms with van der Waals surface area (Å²) in [4.78, 5) is 20.1. The lowest BCUT2D eigenvalue weighted by Gasteiger charge is -2.08. The minimum absolute atomic E-state index is 0.365. The zero-order valence-electron chi connectivity index (χ0n) is 13.4. The summed E-state index contributed by atoms with van der Waals surface area (Å²) in [6.07, 6.45) is 1.49. The second kappa shape index (κ2) is 7.23. The van der Waals surface area contributed by atoms with Crippen molar-refractivity contribution in [3.63, 3.8) is 0 Å². The molecule has 0 aliphatic carbocycles. The highest BCUT2D eigenvalue weighted by molar-refractivity contribution is 5.89. The first-order valence-electron chi connectivity index (χ1n) is 7.49. The highest BCUT2D eigenvalue weighted by Crippen LogP contribution is 2.23. The molecule has 0 radical (unpaired) electrons. The van der Waals surface area contributed by atoms with Crippen molar-refractivity contribution in [2.24, 2.45) is 0 Å². The molecule has 6 heteroatoms. The van der Waals surface area contributed by atoms with Crippen LogP contribution in [0.2, 0.25) is 0 Å². The first-order valence-corrected chi connectivity index (χ1v) is 7.49. The summed E-state index contributed by atoms with van der Waals surface area (Å²) < 4.78 is 4.67. The van der Waals surface area contributed by atoms with Gasteiger partial charge in [-0.3, -0.25) is 0 Å². The van der Waals surface area contributed by atoms with Gasteiger partial charge in [0.2, 0.25) is 5.95 Å². The molecule has 0 fully saturated rings. The Hall–Kier alpha value is -3.72. The van der Waals surface area contributed by atoms with Crippen LogP contribution < -0.4 is 5.32 Å². The number of nitrogens with zero attached hydrogens (tertiary/aromatic N) is 3. The van der Waals surface area contributed by atoms with E-state index in [-0.39, 0.29) is 0 Å². The van der Waals surface area contributed by atoms with Gasteiger partial charge in [-0.15, -0.1) is 0 Å². The van der Waals surface area contributed by atoms with Gasteiger partial charge in [0, 0.05) is 11.3 Å². The van der Waals surface area contributed by atoms with Crippen molar-refractivity contribution >= 4 is 17.6 Å². The van der Waals surface area contributed by atoms with E-state index in [1.807, 2.05) is 30.3 Å². The Balaban J connectivity index is 1.89. The minimum Gasteiger partial charge on any atom is -0.465 e. The maximum Gasteiger partial charge on any atom is 0.337 e. The Morgan fingerprint density at radius 2 is 1.84 bits per heavy atom. The van der Waals surface area contributed by atoms with Gasteiger partial charge in [-0.2, -0.15) is 5.26 Å². The van der Waals surface area contributed by atoms with Crippen LogP contribution in [-0.2, 0) is 4.74 Å². The number of hydrogen-bond donors (Lipinski definition) is 1. The number of ether oxygens (including phenoxy) is 1. The highest BCUT2D eigenvalue weighted by atomic mass is 16.5. The van der Waals surface area contributed by atoms with Crippen LogP contribution >= 0.6 is 0 Å². The van der Waals surface area contributed by atoms with E-state index in [0.29, 0.717) is 22.8 Å². The number of rotatable bonds is 4.